The SMILES string of the molecule is CCNC(CCO)CSC1CCOCC1. The largest absolute Gasteiger partial charge is 0.396 e. The molecule has 1 fully saturated rings. The van der Waals surface area contributed by atoms with E-state index < -0.39 is 0 Å². The third kappa shape index (κ3) is 5.76. The van der Waals surface area contributed by atoms with Crippen LogP contribution >= 0.6 is 11.8 Å². The topological polar surface area (TPSA) is 41.5 Å². The lowest BCUT2D eigenvalue weighted by atomic mass is 10.2. The molecule has 1 saturated heterocycles. The van der Waals surface area contributed by atoms with Gasteiger partial charge in [0, 0.05) is 36.9 Å². The molecule has 4 heteroatoms. The maximum atomic E-state index is 8.93. The number of nitrogens with one attached hydrogen (secondary N) is 1. The minimum atomic E-state index is 0.284. The van der Waals surface area contributed by atoms with Gasteiger partial charge in [-0.2, -0.15) is 11.8 Å². The Morgan fingerprint density at radius 3 is 2.80 bits per heavy atom. The molecule has 0 saturated carbocycles. The molecule has 2 N–H and O–H groups in total. The lowest BCUT2D eigenvalue weighted by molar-refractivity contribution is 0.1000. The second kappa shape index (κ2) is 8.39. The van der Waals surface area contributed by atoms with Crippen LogP contribution in [0.4, 0.5) is 0 Å². The number of ether oxygens (including phenoxy) is 1. The Kier molecular flexibility index (Phi) is 7.44. The second-order valence-corrected chi connectivity index (χ2v) is 5.25. The molecule has 0 radical (unpaired) electrons. The molecule has 0 bridgehead atoms. The van der Waals surface area contributed by atoms with Crippen LogP contribution < -0.4 is 5.32 Å². The summed E-state index contributed by atoms with van der Waals surface area (Å²) in [5, 5.41) is 13.1. The second-order valence-electron chi connectivity index (χ2n) is 3.91. The first-order chi connectivity index (χ1) is 7.36. The van der Waals surface area contributed by atoms with Crippen LogP contribution in [0.2, 0.25) is 0 Å². The summed E-state index contributed by atoms with van der Waals surface area (Å²) >= 11 is 2.03. The quantitative estimate of drug-likeness (QED) is 0.694. The first kappa shape index (κ1) is 13.3. The summed E-state index contributed by atoms with van der Waals surface area (Å²) in [6, 6.07) is 0.466. The highest BCUT2D eigenvalue weighted by Gasteiger charge is 2.16. The zero-order valence-corrected chi connectivity index (χ0v) is 10.4. The molecule has 0 amide bonds. The molecule has 1 atom stereocenters. The van der Waals surface area contributed by atoms with Gasteiger partial charge < -0.3 is 15.2 Å². The summed E-state index contributed by atoms with van der Waals surface area (Å²) in [7, 11) is 0. The first-order valence-corrected chi connectivity index (χ1v) is 6.95. The Bertz CT molecular complexity index is 146. The highest BCUT2D eigenvalue weighted by molar-refractivity contribution is 7.99. The zero-order valence-electron chi connectivity index (χ0n) is 9.58. The highest BCUT2D eigenvalue weighted by atomic mass is 32.2. The Morgan fingerprint density at radius 1 is 1.47 bits per heavy atom. The van der Waals surface area contributed by atoms with Crippen molar-refractivity contribution >= 4 is 11.8 Å². The van der Waals surface area contributed by atoms with Gasteiger partial charge in [-0.05, 0) is 25.8 Å². The summed E-state index contributed by atoms with van der Waals surface area (Å²) < 4.78 is 5.33. The summed E-state index contributed by atoms with van der Waals surface area (Å²) in [4.78, 5) is 0. The normalized spacial score (nSPS) is 20.4. The van der Waals surface area contributed by atoms with Gasteiger partial charge in [-0.25, -0.2) is 0 Å². The molecule has 0 aromatic carbocycles. The Balaban J connectivity index is 2.13. The van der Waals surface area contributed by atoms with E-state index in [1.54, 1.807) is 0 Å². The lowest BCUT2D eigenvalue weighted by Gasteiger charge is -2.24. The minimum absolute atomic E-state index is 0.284. The van der Waals surface area contributed by atoms with Crippen molar-refractivity contribution < 1.29 is 9.84 Å². The van der Waals surface area contributed by atoms with Crippen LogP contribution in [0, 0.1) is 0 Å². The number of aliphatic hydroxyl groups is 1. The molecule has 0 aromatic rings. The van der Waals surface area contributed by atoms with E-state index >= 15 is 0 Å². The van der Waals surface area contributed by atoms with Crippen molar-refractivity contribution in [3.05, 3.63) is 0 Å². The van der Waals surface area contributed by atoms with E-state index in [1.807, 2.05) is 11.8 Å². The van der Waals surface area contributed by atoms with Gasteiger partial charge in [0.05, 0.1) is 0 Å². The number of hydrogen-bond acceptors (Lipinski definition) is 4. The fourth-order valence-electron chi connectivity index (χ4n) is 1.78. The van der Waals surface area contributed by atoms with E-state index in [0.29, 0.717) is 6.04 Å². The summed E-state index contributed by atoms with van der Waals surface area (Å²) in [6.45, 7) is 5.22. The van der Waals surface area contributed by atoms with Gasteiger partial charge in [-0.3, -0.25) is 0 Å². The summed E-state index contributed by atoms with van der Waals surface area (Å²) in [6.07, 6.45) is 3.23. The van der Waals surface area contributed by atoms with E-state index in [0.717, 1.165) is 37.2 Å². The molecule has 1 aliphatic rings. The van der Waals surface area contributed by atoms with Gasteiger partial charge >= 0.3 is 0 Å². The van der Waals surface area contributed by atoms with E-state index in [2.05, 4.69) is 12.2 Å². The van der Waals surface area contributed by atoms with Crippen molar-refractivity contribution in [2.75, 3.05) is 32.1 Å². The van der Waals surface area contributed by atoms with E-state index in [4.69, 9.17) is 9.84 Å². The first-order valence-electron chi connectivity index (χ1n) is 5.90. The molecule has 3 nitrogen and oxygen atoms in total. The van der Waals surface area contributed by atoms with Crippen LogP contribution in [0.25, 0.3) is 0 Å². The fourth-order valence-corrected chi connectivity index (χ4v) is 3.10. The third-order valence-corrected chi connectivity index (χ3v) is 4.21. The van der Waals surface area contributed by atoms with Gasteiger partial charge in [0.1, 0.15) is 0 Å². The predicted octanol–water partition coefficient (Wildman–Crippen LogP) is 1.26. The van der Waals surface area contributed by atoms with Gasteiger partial charge in [-0.1, -0.05) is 6.92 Å². The molecule has 0 spiro atoms. The van der Waals surface area contributed by atoms with Crippen molar-refractivity contribution in [3.8, 4) is 0 Å². The summed E-state index contributed by atoms with van der Waals surface area (Å²) in [5.74, 6) is 1.11. The van der Waals surface area contributed by atoms with Crippen LogP contribution in [0.3, 0.4) is 0 Å². The van der Waals surface area contributed by atoms with Crippen LogP contribution in [-0.2, 0) is 4.74 Å². The van der Waals surface area contributed by atoms with Crippen LogP contribution in [0.15, 0.2) is 0 Å². The zero-order chi connectivity index (χ0) is 10.9. The molecular formula is C11H23NO2S. The predicted molar refractivity (Wildman–Crippen MR) is 65.5 cm³/mol. The number of aliphatic hydroxyl groups excluding tert-OH is 1. The van der Waals surface area contributed by atoms with E-state index in [1.165, 1.54) is 12.8 Å². The van der Waals surface area contributed by atoms with Gasteiger partial charge in [0.15, 0.2) is 0 Å². The summed E-state index contributed by atoms with van der Waals surface area (Å²) in [5.41, 5.74) is 0. The number of thioether (sulfide) groups is 1. The monoisotopic (exact) mass is 233 g/mol. The average molecular weight is 233 g/mol. The van der Waals surface area contributed by atoms with E-state index in [-0.39, 0.29) is 6.61 Å². The molecular weight excluding hydrogens is 210 g/mol. The molecule has 1 rings (SSSR count). The van der Waals surface area contributed by atoms with Crippen molar-refractivity contribution in [1.29, 1.82) is 0 Å². The molecule has 0 aliphatic carbocycles. The molecule has 1 unspecified atom stereocenters. The number of hydrogen-bond donors (Lipinski definition) is 2. The van der Waals surface area contributed by atoms with Gasteiger partial charge in [0.25, 0.3) is 0 Å². The molecule has 1 heterocycles. The Hall–Kier alpha value is 0.230. The maximum Gasteiger partial charge on any atom is 0.0476 e. The third-order valence-electron chi connectivity index (χ3n) is 2.67. The maximum absolute atomic E-state index is 8.93. The van der Waals surface area contributed by atoms with Crippen LogP contribution in [0.1, 0.15) is 26.2 Å². The molecule has 90 valence electrons. The Morgan fingerprint density at radius 2 is 2.20 bits per heavy atom. The highest BCUT2D eigenvalue weighted by Crippen LogP contribution is 2.22. The molecule has 1 aliphatic heterocycles. The van der Waals surface area contributed by atoms with E-state index in [9.17, 15) is 0 Å². The molecule has 15 heavy (non-hydrogen) atoms. The lowest BCUT2D eigenvalue weighted by Crippen LogP contribution is -2.33. The van der Waals surface area contributed by atoms with Crippen LogP contribution in [-0.4, -0.2) is 48.5 Å². The van der Waals surface area contributed by atoms with Crippen molar-refractivity contribution in [2.45, 2.75) is 37.5 Å². The minimum Gasteiger partial charge on any atom is -0.396 e. The average Bonchev–Trinajstić information content (AvgIpc) is 2.28. The molecule has 0 aromatic heterocycles. The fraction of sp³-hybridized carbons (Fsp3) is 1.00. The standard InChI is InChI=1S/C11H23NO2S/c1-2-12-10(3-6-13)9-15-11-4-7-14-8-5-11/h10-13H,2-9H2,1H3. The van der Waals surface area contributed by atoms with Gasteiger partial charge in [-0.15, -0.1) is 0 Å². The van der Waals surface area contributed by atoms with Crippen molar-refractivity contribution in [1.82, 2.24) is 5.32 Å². The van der Waals surface area contributed by atoms with Crippen LogP contribution in [0.5, 0.6) is 0 Å². The van der Waals surface area contributed by atoms with Crippen molar-refractivity contribution in [3.63, 3.8) is 0 Å². The van der Waals surface area contributed by atoms with Crippen molar-refractivity contribution in [2.24, 2.45) is 0 Å². The Labute approximate surface area is 97.0 Å². The number of rotatable bonds is 7. The van der Waals surface area contributed by atoms with Gasteiger partial charge in [0.2, 0.25) is 0 Å². The smallest absolute Gasteiger partial charge is 0.0476 e.